The first-order chi connectivity index (χ1) is 8.54. The first-order valence-electron chi connectivity index (χ1n) is 6.33. The SMILES string of the molecule is CC(NCCO)C1Oc2ccccc2OC1(C)C. The Balaban J connectivity index is 2.17. The van der Waals surface area contributed by atoms with Gasteiger partial charge in [-0.2, -0.15) is 0 Å². The van der Waals surface area contributed by atoms with Gasteiger partial charge in [-0.1, -0.05) is 12.1 Å². The molecule has 0 bridgehead atoms. The third-order valence-electron chi connectivity index (χ3n) is 3.19. The molecule has 0 saturated heterocycles. The number of nitrogens with one attached hydrogen (secondary N) is 1. The van der Waals surface area contributed by atoms with Gasteiger partial charge in [-0.3, -0.25) is 0 Å². The van der Waals surface area contributed by atoms with Crippen LogP contribution in [0.15, 0.2) is 24.3 Å². The molecule has 1 heterocycles. The van der Waals surface area contributed by atoms with Crippen molar-refractivity contribution in [2.45, 2.75) is 38.5 Å². The van der Waals surface area contributed by atoms with Crippen molar-refractivity contribution in [3.63, 3.8) is 0 Å². The monoisotopic (exact) mass is 251 g/mol. The van der Waals surface area contributed by atoms with Crippen LogP contribution in [0.3, 0.4) is 0 Å². The molecule has 0 saturated carbocycles. The van der Waals surface area contributed by atoms with Gasteiger partial charge < -0.3 is 19.9 Å². The second kappa shape index (κ2) is 5.16. The summed E-state index contributed by atoms with van der Waals surface area (Å²) < 4.78 is 12.0. The Kier molecular flexibility index (Phi) is 3.78. The Morgan fingerprint density at radius 2 is 2.00 bits per heavy atom. The van der Waals surface area contributed by atoms with Gasteiger partial charge in [-0.15, -0.1) is 0 Å². The predicted molar refractivity (Wildman–Crippen MR) is 70.1 cm³/mol. The van der Waals surface area contributed by atoms with E-state index in [1.807, 2.05) is 45.0 Å². The highest BCUT2D eigenvalue weighted by molar-refractivity contribution is 5.42. The van der Waals surface area contributed by atoms with Crippen LogP contribution < -0.4 is 14.8 Å². The van der Waals surface area contributed by atoms with Gasteiger partial charge in [-0.05, 0) is 32.9 Å². The fraction of sp³-hybridized carbons (Fsp3) is 0.571. The molecule has 1 aromatic carbocycles. The smallest absolute Gasteiger partial charge is 0.162 e. The zero-order valence-electron chi connectivity index (χ0n) is 11.1. The molecule has 0 fully saturated rings. The average molecular weight is 251 g/mol. The maximum Gasteiger partial charge on any atom is 0.162 e. The molecule has 4 nitrogen and oxygen atoms in total. The fourth-order valence-corrected chi connectivity index (χ4v) is 2.36. The van der Waals surface area contributed by atoms with E-state index < -0.39 is 5.60 Å². The van der Waals surface area contributed by atoms with E-state index in [4.69, 9.17) is 14.6 Å². The van der Waals surface area contributed by atoms with Gasteiger partial charge in [0.1, 0.15) is 5.60 Å². The Morgan fingerprint density at radius 1 is 1.33 bits per heavy atom. The van der Waals surface area contributed by atoms with E-state index in [1.165, 1.54) is 0 Å². The minimum Gasteiger partial charge on any atom is -0.481 e. The molecular formula is C14H21NO3. The molecule has 2 unspecified atom stereocenters. The van der Waals surface area contributed by atoms with Gasteiger partial charge in [0.15, 0.2) is 17.6 Å². The van der Waals surface area contributed by atoms with Crippen LogP contribution >= 0.6 is 0 Å². The molecule has 0 aromatic heterocycles. The quantitative estimate of drug-likeness (QED) is 0.853. The minimum absolute atomic E-state index is 0.0977. The maximum absolute atomic E-state index is 8.87. The maximum atomic E-state index is 8.87. The van der Waals surface area contributed by atoms with Crippen molar-refractivity contribution in [2.24, 2.45) is 0 Å². The average Bonchev–Trinajstić information content (AvgIpc) is 2.34. The molecule has 100 valence electrons. The zero-order valence-corrected chi connectivity index (χ0v) is 11.1. The highest BCUT2D eigenvalue weighted by atomic mass is 16.6. The first-order valence-corrected chi connectivity index (χ1v) is 6.33. The first kappa shape index (κ1) is 13.2. The number of aliphatic hydroxyl groups is 1. The van der Waals surface area contributed by atoms with Gasteiger partial charge in [0.2, 0.25) is 0 Å². The molecule has 1 aromatic rings. The van der Waals surface area contributed by atoms with Gasteiger partial charge >= 0.3 is 0 Å². The lowest BCUT2D eigenvalue weighted by Gasteiger charge is -2.42. The second-order valence-corrected chi connectivity index (χ2v) is 5.16. The van der Waals surface area contributed by atoms with E-state index in [-0.39, 0.29) is 18.8 Å². The molecule has 0 amide bonds. The van der Waals surface area contributed by atoms with Crippen LogP contribution in [0.25, 0.3) is 0 Å². The summed E-state index contributed by atoms with van der Waals surface area (Å²) in [6, 6.07) is 7.80. The highest BCUT2D eigenvalue weighted by Crippen LogP contribution is 2.38. The summed E-state index contributed by atoms with van der Waals surface area (Å²) in [5.41, 5.74) is -0.407. The van der Waals surface area contributed by atoms with Crippen LogP contribution in [0.5, 0.6) is 11.5 Å². The lowest BCUT2D eigenvalue weighted by molar-refractivity contribution is -0.0567. The topological polar surface area (TPSA) is 50.7 Å². The van der Waals surface area contributed by atoms with E-state index in [0.717, 1.165) is 11.5 Å². The number of para-hydroxylation sites is 2. The molecular weight excluding hydrogens is 230 g/mol. The zero-order chi connectivity index (χ0) is 13.2. The van der Waals surface area contributed by atoms with Crippen LogP contribution in [0, 0.1) is 0 Å². The molecule has 0 aliphatic carbocycles. The molecule has 0 radical (unpaired) electrons. The Hall–Kier alpha value is -1.26. The standard InChI is InChI=1S/C14H21NO3/c1-10(15-8-9-16)13-14(2,3)18-12-7-5-4-6-11(12)17-13/h4-7,10,13,15-16H,8-9H2,1-3H3. The van der Waals surface area contributed by atoms with Gasteiger partial charge in [-0.25, -0.2) is 0 Å². The highest BCUT2D eigenvalue weighted by Gasteiger charge is 2.41. The van der Waals surface area contributed by atoms with Crippen molar-refractivity contribution in [1.82, 2.24) is 5.32 Å². The van der Waals surface area contributed by atoms with Crippen LogP contribution in [0.2, 0.25) is 0 Å². The second-order valence-electron chi connectivity index (χ2n) is 5.16. The number of hydrogen-bond donors (Lipinski definition) is 2. The molecule has 4 heteroatoms. The van der Waals surface area contributed by atoms with Crippen molar-refractivity contribution in [2.75, 3.05) is 13.2 Å². The predicted octanol–water partition coefficient (Wildman–Crippen LogP) is 1.58. The van der Waals surface area contributed by atoms with Crippen LogP contribution in [0.4, 0.5) is 0 Å². The Labute approximate surface area is 108 Å². The molecule has 2 rings (SSSR count). The number of rotatable bonds is 4. The largest absolute Gasteiger partial charge is 0.481 e. The number of fused-ring (bicyclic) bond motifs is 1. The Bertz CT molecular complexity index is 406. The summed E-state index contributed by atoms with van der Waals surface area (Å²) in [6.07, 6.45) is -0.0982. The van der Waals surface area contributed by atoms with Gasteiger partial charge in [0.25, 0.3) is 0 Å². The van der Waals surface area contributed by atoms with E-state index >= 15 is 0 Å². The lowest BCUT2D eigenvalue weighted by atomic mass is 9.94. The van der Waals surface area contributed by atoms with Gasteiger partial charge in [0, 0.05) is 12.6 Å². The van der Waals surface area contributed by atoms with Crippen molar-refractivity contribution in [1.29, 1.82) is 0 Å². The van der Waals surface area contributed by atoms with E-state index in [9.17, 15) is 0 Å². The van der Waals surface area contributed by atoms with Crippen molar-refractivity contribution in [3.05, 3.63) is 24.3 Å². The van der Waals surface area contributed by atoms with Gasteiger partial charge in [0.05, 0.1) is 6.61 Å². The minimum atomic E-state index is -0.407. The molecule has 0 spiro atoms. The van der Waals surface area contributed by atoms with E-state index in [1.54, 1.807) is 0 Å². The van der Waals surface area contributed by atoms with Crippen LogP contribution in [-0.2, 0) is 0 Å². The summed E-state index contributed by atoms with van der Waals surface area (Å²) in [5.74, 6) is 1.56. The molecule has 1 aliphatic rings. The van der Waals surface area contributed by atoms with Crippen molar-refractivity contribution >= 4 is 0 Å². The normalized spacial score (nSPS) is 22.6. The molecule has 2 atom stereocenters. The number of hydrogen-bond acceptors (Lipinski definition) is 4. The fourth-order valence-electron chi connectivity index (χ4n) is 2.36. The summed E-state index contributed by atoms with van der Waals surface area (Å²) in [5, 5.41) is 12.1. The van der Waals surface area contributed by atoms with Crippen LogP contribution in [0.1, 0.15) is 20.8 Å². The van der Waals surface area contributed by atoms with E-state index in [0.29, 0.717) is 6.54 Å². The third-order valence-corrected chi connectivity index (χ3v) is 3.19. The summed E-state index contributed by atoms with van der Waals surface area (Å²) >= 11 is 0. The van der Waals surface area contributed by atoms with Crippen molar-refractivity contribution < 1.29 is 14.6 Å². The summed E-state index contributed by atoms with van der Waals surface area (Å²) in [4.78, 5) is 0. The third kappa shape index (κ3) is 2.60. The lowest BCUT2D eigenvalue weighted by Crippen LogP contribution is -2.57. The van der Waals surface area contributed by atoms with Crippen molar-refractivity contribution in [3.8, 4) is 11.5 Å². The molecule has 18 heavy (non-hydrogen) atoms. The Morgan fingerprint density at radius 3 is 2.67 bits per heavy atom. The summed E-state index contributed by atoms with van der Waals surface area (Å²) in [6.45, 7) is 6.75. The molecule has 1 aliphatic heterocycles. The summed E-state index contributed by atoms with van der Waals surface area (Å²) in [7, 11) is 0. The number of benzene rings is 1. The van der Waals surface area contributed by atoms with Crippen LogP contribution in [-0.4, -0.2) is 36.0 Å². The number of ether oxygens (including phenoxy) is 2. The van der Waals surface area contributed by atoms with E-state index in [2.05, 4.69) is 5.32 Å². The number of aliphatic hydroxyl groups excluding tert-OH is 1. The molecule has 2 N–H and O–H groups in total.